The number of thioether (sulfide) groups is 1. The Morgan fingerprint density at radius 2 is 1.87 bits per heavy atom. The second kappa shape index (κ2) is 6.17. The molecule has 0 aliphatic rings. The maximum Gasteiger partial charge on any atom is 0.270 e. The first-order valence-electron chi connectivity index (χ1n) is 6.56. The molecule has 23 heavy (non-hydrogen) atoms. The van der Waals surface area contributed by atoms with E-state index in [9.17, 15) is 14.9 Å². The van der Waals surface area contributed by atoms with Crippen molar-refractivity contribution in [3.63, 3.8) is 0 Å². The molecule has 0 N–H and O–H groups in total. The van der Waals surface area contributed by atoms with E-state index in [0.29, 0.717) is 11.3 Å². The fourth-order valence-corrected chi connectivity index (χ4v) is 3.13. The van der Waals surface area contributed by atoms with Crippen molar-refractivity contribution in [2.45, 2.75) is 4.90 Å². The highest BCUT2D eigenvalue weighted by Gasteiger charge is 2.16. The Kier molecular flexibility index (Phi) is 4.23. The van der Waals surface area contributed by atoms with Crippen LogP contribution in [0.1, 0.15) is 0 Å². The summed E-state index contributed by atoms with van der Waals surface area (Å²) < 4.78 is 6.04. The second-order valence-corrected chi connectivity index (χ2v) is 6.41. The topological polar surface area (TPSA) is 73.3 Å². The van der Waals surface area contributed by atoms with Crippen LogP contribution in [0.25, 0.3) is 22.3 Å². The number of hydrogen-bond acceptors (Lipinski definition) is 5. The maximum absolute atomic E-state index is 12.5. The third kappa shape index (κ3) is 2.89. The molecular weight excluding hydrogens is 382 g/mol. The lowest BCUT2D eigenvalue weighted by molar-refractivity contribution is -0.384. The Labute approximate surface area is 143 Å². The van der Waals surface area contributed by atoms with Crippen LogP contribution in [-0.2, 0) is 0 Å². The maximum atomic E-state index is 12.5. The van der Waals surface area contributed by atoms with Crippen LogP contribution in [0, 0.1) is 10.1 Å². The summed E-state index contributed by atoms with van der Waals surface area (Å²) in [6.45, 7) is 0. The number of nitro groups is 1. The van der Waals surface area contributed by atoms with E-state index in [1.165, 1.54) is 18.2 Å². The third-order valence-electron chi connectivity index (χ3n) is 3.38. The highest BCUT2D eigenvalue weighted by Crippen LogP contribution is 2.31. The molecule has 1 heterocycles. The molecule has 0 spiro atoms. The fourth-order valence-electron chi connectivity index (χ4n) is 2.20. The summed E-state index contributed by atoms with van der Waals surface area (Å²) in [5.41, 5.74) is 0.590. The minimum atomic E-state index is -0.540. The molecule has 7 heteroatoms. The fraction of sp³-hybridized carbons (Fsp3) is 0.0625. The van der Waals surface area contributed by atoms with Gasteiger partial charge in [0.1, 0.15) is 10.1 Å². The number of nitro benzene ring substituents is 1. The monoisotopic (exact) mass is 391 g/mol. The molecule has 3 aromatic rings. The van der Waals surface area contributed by atoms with E-state index < -0.39 is 4.92 Å². The molecule has 5 nitrogen and oxygen atoms in total. The summed E-state index contributed by atoms with van der Waals surface area (Å²) in [6.07, 6.45) is 1.98. The van der Waals surface area contributed by atoms with Gasteiger partial charge in [0.2, 0.25) is 5.43 Å². The predicted molar refractivity (Wildman–Crippen MR) is 94.1 cm³/mol. The van der Waals surface area contributed by atoms with Gasteiger partial charge in [-0.2, -0.15) is 0 Å². The molecule has 0 aliphatic carbocycles. The van der Waals surface area contributed by atoms with E-state index in [-0.39, 0.29) is 21.0 Å². The van der Waals surface area contributed by atoms with Crippen molar-refractivity contribution in [2.75, 3.05) is 6.26 Å². The zero-order valence-electron chi connectivity index (χ0n) is 11.9. The van der Waals surface area contributed by atoms with Crippen molar-refractivity contribution < 1.29 is 9.34 Å². The van der Waals surface area contributed by atoms with E-state index in [2.05, 4.69) is 15.9 Å². The van der Waals surface area contributed by atoms with Gasteiger partial charge >= 0.3 is 0 Å². The van der Waals surface area contributed by atoms with Crippen molar-refractivity contribution in [1.82, 2.24) is 0 Å². The Morgan fingerprint density at radius 3 is 2.48 bits per heavy atom. The van der Waals surface area contributed by atoms with Gasteiger partial charge in [0.05, 0.1) is 10.3 Å². The van der Waals surface area contributed by atoms with Gasteiger partial charge in [0.25, 0.3) is 5.69 Å². The molecular formula is C16H10BrNO4S. The van der Waals surface area contributed by atoms with Crippen molar-refractivity contribution in [3.05, 3.63) is 67.3 Å². The Hall–Kier alpha value is -2.12. The van der Waals surface area contributed by atoms with Crippen LogP contribution in [0.5, 0.6) is 0 Å². The number of benzene rings is 2. The average Bonchev–Trinajstić information content (AvgIpc) is 2.57. The molecule has 2 aromatic carbocycles. The predicted octanol–water partition coefficient (Wildman–Crippen LogP) is 4.85. The van der Waals surface area contributed by atoms with Gasteiger partial charge in [-0.1, -0.05) is 12.1 Å². The first-order valence-corrected chi connectivity index (χ1v) is 8.58. The molecule has 1 aromatic heterocycles. The molecule has 0 atom stereocenters. The normalized spacial score (nSPS) is 10.9. The highest BCUT2D eigenvalue weighted by molar-refractivity contribution is 9.10. The Balaban J connectivity index is 2.22. The molecule has 0 unspecified atom stereocenters. The summed E-state index contributed by atoms with van der Waals surface area (Å²) in [7, 11) is 0. The van der Waals surface area contributed by atoms with Gasteiger partial charge < -0.3 is 4.42 Å². The van der Waals surface area contributed by atoms with Crippen LogP contribution in [-0.4, -0.2) is 11.2 Å². The van der Waals surface area contributed by atoms with Crippen molar-refractivity contribution in [1.29, 1.82) is 0 Å². The Bertz CT molecular complexity index is 966. The molecule has 116 valence electrons. The second-order valence-electron chi connectivity index (χ2n) is 4.74. The van der Waals surface area contributed by atoms with Crippen LogP contribution in [0.4, 0.5) is 5.69 Å². The summed E-state index contributed by atoms with van der Waals surface area (Å²) in [4.78, 5) is 23.9. The van der Waals surface area contributed by atoms with Gasteiger partial charge in [0.15, 0.2) is 5.76 Å². The number of halogens is 1. The molecule has 0 saturated carbocycles. The number of fused-ring (bicyclic) bond motifs is 1. The minimum absolute atomic E-state index is 0.145. The van der Waals surface area contributed by atoms with Crippen LogP contribution >= 0.6 is 27.7 Å². The van der Waals surface area contributed by atoms with Gasteiger partial charge in [-0.05, 0) is 40.4 Å². The Morgan fingerprint density at radius 1 is 1.17 bits per heavy atom. The first kappa shape index (κ1) is 15.8. The molecule has 0 aliphatic heterocycles. The van der Waals surface area contributed by atoms with Crippen LogP contribution < -0.4 is 5.43 Å². The van der Waals surface area contributed by atoms with Crippen molar-refractivity contribution in [3.8, 4) is 11.3 Å². The molecule has 0 saturated heterocycles. The van der Waals surface area contributed by atoms with E-state index in [1.807, 2.05) is 30.5 Å². The SMILES string of the molecule is CSc1ccc(-c2oc3ccc([N+](=O)[O-])cc3c(=O)c2Br)cc1. The van der Waals surface area contributed by atoms with E-state index in [4.69, 9.17) is 4.42 Å². The molecule has 0 amide bonds. The summed E-state index contributed by atoms with van der Waals surface area (Å²) >= 11 is 4.87. The highest BCUT2D eigenvalue weighted by atomic mass is 79.9. The standard InChI is InChI=1S/C16H10BrNO4S/c1-23-11-5-2-9(3-6-11)16-14(17)15(19)12-8-10(18(20)21)4-7-13(12)22-16/h2-8H,1H3. The van der Waals surface area contributed by atoms with Gasteiger partial charge in [-0.3, -0.25) is 14.9 Å². The molecule has 0 fully saturated rings. The number of rotatable bonds is 3. The quantitative estimate of drug-likeness (QED) is 0.362. The summed E-state index contributed by atoms with van der Waals surface area (Å²) in [6, 6.07) is 11.6. The zero-order chi connectivity index (χ0) is 16.6. The third-order valence-corrected chi connectivity index (χ3v) is 4.85. The van der Waals surface area contributed by atoms with Crippen LogP contribution in [0.3, 0.4) is 0 Å². The van der Waals surface area contributed by atoms with Gasteiger partial charge in [0, 0.05) is 22.6 Å². The number of non-ortho nitro benzene ring substituents is 1. The lowest BCUT2D eigenvalue weighted by Crippen LogP contribution is -2.04. The molecule has 0 bridgehead atoms. The summed E-state index contributed by atoms with van der Waals surface area (Å²) in [5, 5.41) is 11.0. The van der Waals surface area contributed by atoms with E-state index in [0.717, 1.165) is 10.5 Å². The van der Waals surface area contributed by atoms with Gasteiger partial charge in [-0.15, -0.1) is 11.8 Å². The average molecular weight is 392 g/mol. The van der Waals surface area contributed by atoms with E-state index in [1.54, 1.807) is 11.8 Å². The van der Waals surface area contributed by atoms with Gasteiger partial charge in [-0.25, -0.2) is 0 Å². The number of nitrogens with zero attached hydrogens (tertiary/aromatic N) is 1. The van der Waals surface area contributed by atoms with Crippen LogP contribution in [0.15, 0.2) is 61.0 Å². The van der Waals surface area contributed by atoms with E-state index >= 15 is 0 Å². The lowest BCUT2D eigenvalue weighted by Gasteiger charge is -2.06. The zero-order valence-corrected chi connectivity index (χ0v) is 14.3. The molecule has 3 rings (SSSR count). The lowest BCUT2D eigenvalue weighted by atomic mass is 10.1. The number of hydrogen-bond donors (Lipinski definition) is 0. The van der Waals surface area contributed by atoms with Crippen LogP contribution in [0.2, 0.25) is 0 Å². The minimum Gasteiger partial charge on any atom is -0.455 e. The molecule has 0 radical (unpaired) electrons. The summed E-state index contributed by atoms with van der Waals surface area (Å²) in [5.74, 6) is 0.406. The van der Waals surface area contributed by atoms with Crippen molar-refractivity contribution >= 4 is 44.3 Å². The smallest absolute Gasteiger partial charge is 0.270 e. The largest absolute Gasteiger partial charge is 0.455 e. The van der Waals surface area contributed by atoms with Crippen molar-refractivity contribution in [2.24, 2.45) is 0 Å². The first-order chi connectivity index (χ1) is 11.0.